The lowest BCUT2D eigenvalue weighted by Crippen LogP contribution is -2.59. The Bertz CT molecular complexity index is 1620. The SMILES string of the molecule is CC(=O)N[C@H]1CCC[C@@H]1C1(C2CCN(CC3CN(c4ccc(S(=O)(=O)c5cnn(C)c5)cc4)C3)CC2)CNCc2ccccc21. The number of hydrogen-bond donors (Lipinski definition) is 2. The largest absolute Gasteiger partial charge is 0.371 e. The van der Waals surface area contributed by atoms with E-state index in [2.05, 4.69) is 49.8 Å². The summed E-state index contributed by atoms with van der Waals surface area (Å²) in [7, 11) is -1.84. The van der Waals surface area contributed by atoms with Crippen molar-refractivity contribution in [1.82, 2.24) is 25.3 Å². The van der Waals surface area contributed by atoms with Crippen LogP contribution in [0.4, 0.5) is 5.69 Å². The van der Waals surface area contributed by atoms with Crippen molar-refractivity contribution in [2.45, 2.75) is 66.8 Å². The maximum atomic E-state index is 12.9. The molecule has 2 saturated heterocycles. The van der Waals surface area contributed by atoms with Gasteiger partial charge in [-0.1, -0.05) is 30.7 Å². The van der Waals surface area contributed by atoms with E-state index >= 15 is 0 Å². The van der Waals surface area contributed by atoms with E-state index in [1.54, 1.807) is 26.1 Å². The Hall–Kier alpha value is -3.21. The van der Waals surface area contributed by atoms with Crippen molar-refractivity contribution >= 4 is 21.4 Å². The molecule has 2 aromatic carbocycles. The van der Waals surface area contributed by atoms with E-state index in [1.165, 1.54) is 53.9 Å². The van der Waals surface area contributed by atoms with E-state index in [9.17, 15) is 13.2 Å². The zero-order valence-electron chi connectivity index (χ0n) is 26.5. The maximum Gasteiger partial charge on any atom is 0.217 e. The summed E-state index contributed by atoms with van der Waals surface area (Å²) in [5.41, 5.74) is 4.08. The van der Waals surface area contributed by atoms with Gasteiger partial charge in [-0.05, 0) is 86.0 Å². The highest BCUT2D eigenvalue weighted by atomic mass is 32.2. The Kier molecular flexibility index (Phi) is 8.25. The lowest BCUT2D eigenvalue weighted by Gasteiger charge is -2.53. The molecule has 45 heavy (non-hydrogen) atoms. The lowest BCUT2D eigenvalue weighted by molar-refractivity contribution is -0.120. The van der Waals surface area contributed by atoms with Gasteiger partial charge in [-0.15, -0.1) is 0 Å². The third-order valence-electron chi connectivity index (χ3n) is 11.1. The second-order valence-corrected chi connectivity index (χ2v) is 15.8. The van der Waals surface area contributed by atoms with Gasteiger partial charge in [-0.3, -0.25) is 9.48 Å². The summed E-state index contributed by atoms with van der Waals surface area (Å²) < 4.78 is 27.4. The van der Waals surface area contributed by atoms with Crippen molar-refractivity contribution in [2.75, 3.05) is 44.2 Å². The average molecular weight is 631 g/mol. The summed E-state index contributed by atoms with van der Waals surface area (Å²) in [6.07, 6.45) is 8.73. The lowest BCUT2D eigenvalue weighted by atomic mass is 9.56. The summed E-state index contributed by atoms with van der Waals surface area (Å²) in [5.74, 6) is 1.75. The van der Waals surface area contributed by atoms with Crippen molar-refractivity contribution in [3.63, 3.8) is 0 Å². The van der Waals surface area contributed by atoms with Gasteiger partial charge in [0, 0.05) is 76.0 Å². The molecule has 9 nitrogen and oxygen atoms in total. The van der Waals surface area contributed by atoms with Gasteiger partial charge in [0.15, 0.2) is 0 Å². The standard InChI is InChI=1S/C35H46N6O3S/c1-25(42)38-34-9-5-8-33(34)35(24-36-18-27-6-3-4-7-32(27)35)28-14-16-40(17-15-28)20-26-21-41(22-26)29-10-12-30(13-11-29)45(43,44)31-19-37-39(2)23-31/h3-4,6-7,10-13,19,23,26,28,33-34,36H,5,8-9,14-18,20-22,24H2,1-2H3,(H,38,42)/t33-,34-,35?/m0/s1. The molecule has 1 amide bonds. The smallest absolute Gasteiger partial charge is 0.217 e. The van der Waals surface area contributed by atoms with Crippen LogP contribution in [0, 0.1) is 17.8 Å². The van der Waals surface area contributed by atoms with Gasteiger partial charge in [0.05, 0.1) is 11.1 Å². The summed E-state index contributed by atoms with van der Waals surface area (Å²) in [4.78, 5) is 17.7. The first-order chi connectivity index (χ1) is 21.7. The van der Waals surface area contributed by atoms with Crippen LogP contribution in [0.15, 0.2) is 70.7 Å². The quantitative estimate of drug-likeness (QED) is 0.391. The number of fused-ring (bicyclic) bond motifs is 1. The number of rotatable bonds is 8. The molecule has 1 aliphatic carbocycles. The highest BCUT2D eigenvalue weighted by molar-refractivity contribution is 7.91. The average Bonchev–Trinajstić information content (AvgIpc) is 3.68. The molecule has 4 aliphatic rings. The Morgan fingerprint density at radius 3 is 2.49 bits per heavy atom. The van der Waals surface area contributed by atoms with E-state index in [1.807, 2.05) is 12.1 Å². The number of hydrogen-bond acceptors (Lipinski definition) is 7. The van der Waals surface area contributed by atoms with Crippen LogP contribution in [0.1, 0.15) is 50.2 Å². The maximum absolute atomic E-state index is 12.9. The Labute approximate surface area is 267 Å². The number of nitrogens with one attached hydrogen (secondary N) is 2. The third-order valence-corrected chi connectivity index (χ3v) is 12.8. The number of carbonyl (C=O) groups is 1. The minimum absolute atomic E-state index is 0.0501. The molecule has 7 rings (SSSR count). The van der Waals surface area contributed by atoms with Crippen molar-refractivity contribution < 1.29 is 13.2 Å². The minimum atomic E-state index is -3.56. The van der Waals surface area contributed by atoms with Gasteiger partial charge < -0.3 is 20.4 Å². The van der Waals surface area contributed by atoms with E-state index in [0.717, 1.165) is 57.9 Å². The fraction of sp³-hybridized carbons (Fsp3) is 0.543. The number of likely N-dealkylation sites (tertiary alicyclic amines) is 1. The summed E-state index contributed by atoms with van der Waals surface area (Å²) in [5, 5.41) is 11.2. The number of anilines is 1. The topological polar surface area (TPSA) is 99.6 Å². The van der Waals surface area contributed by atoms with E-state index in [4.69, 9.17) is 0 Å². The van der Waals surface area contributed by atoms with E-state index in [0.29, 0.717) is 22.6 Å². The Morgan fingerprint density at radius 1 is 1.02 bits per heavy atom. The van der Waals surface area contributed by atoms with Crippen LogP contribution in [-0.2, 0) is 33.6 Å². The molecule has 4 heterocycles. The number of benzene rings is 2. The van der Waals surface area contributed by atoms with Crippen LogP contribution in [0.3, 0.4) is 0 Å². The predicted octanol–water partition coefficient (Wildman–Crippen LogP) is 3.75. The number of nitrogens with zero attached hydrogens (tertiary/aromatic N) is 4. The normalized spacial score (nSPS) is 26.4. The molecular formula is C35H46N6O3S. The summed E-state index contributed by atoms with van der Waals surface area (Å²) >= 11 is 0. The van der Waals surface area contributed by atoms with E-state index in [-0.39, 0.29) is 22.3 Å². The van der Waals surface area contributed by atoms with Crippen LogP contribution in [0.5, 0.6) is 0 Å². The van der Waals surface area contributed by atoms with Crippen molar-refractivity contribution in [2.24, 2.45) is 24.8 Å². The van der Waals surface area contributed by atoms with E-state index < -0.39 is 9.84 Å². The zero-order chi connectivity index (χ0) is 31.2. The number of aryl methyl sites for hydroxylation is 1. The van der Waals surface area contributed by atoms with Gasteiger partial charge in [0.25, 0.3) is 0 Å². The zero-order valence-corrected chi connectivity index (χ0v) is 27.3. The second kappa shape index (κ2) is 12.2. The molecule has 0 radical (unpaired) electrons. The molecule has 3 aromatic rings. The predicted molar refractivity (Wildman–Crippen MR) is 175 cm³/mol. The fourth-order valence-corrected chi connectivity index (χ4v) is 10.3. The van der Waals surface area contributed by atoms with Crippen molar-refractivity contribution in [3.05, 3.63) is 72.1 Å². The van der Waals surface area contributed by atoms with Crippen molar-refractivity contribution in [1.29, 1.82) is 0 Å². The number of sulfone groups is 1. The molecule has 0 spiro atoms. The molecule has 3 atom stereocenters. The van der Waals surface area contributed by atoms with Crippen LogP contribution >= 0.6 is 0 Å². The van der Waals surface area contributed by atoms with Gasteiger partial charge in [-0.25, -0.2) is 8.42 Å². The molecule has 240 valence electrons. The number of aromatic nitrogens is 2. The first kappa shape index (κ1) is 30.4. The van der Waals surface area contributed by atoms with Crippen LogP contribution in [0.2, 0.25) is 0 Å². The molecular weight excluding hydrogens is 584 g/mol. The van der Waals surface area contributed by atoms with Gasteiger partial charge in [0.2, 0.25) is 15.7 Å². The van der Waals surface area contributed by atoms with Gasteiger partial charge in [-0.2, -0.15) is 5.10 Å². The molecule has 2 N–H and O–H groups in total. The minimum Gasteiger partial charge on any atom is -0.371 e. The van der Waals surface area contributed by atoms with Gasteiger partial charge in [0.1, 0.15) is 4.90 Å². The molecule has 0 bridgehead atoms. The first-order valence-corrected chi connectivity index (χ1v) is 18.1. The monoisotopic (exact) mass is 630 g/mol. The number of piperidine rings is 1. The third kappa shape index (κ3) is 5.70. The fourth-order valence-electron chi connectivity index (χ4n) is 9.04. The molecule has 10 heteroatoms. The summed E-state index contributed by atoms with van der Waals surface area (Å²) in [6.45, 7) is 8.92. The highest BCUT2D eigenvalue weighted by Crippen LogP contribution is 2.52. The van der Waals surface area contributed by atoms with Crippen LogP contribution in [0.25, 0.3) is 0 Å². The summed E-state index contributed by atoms with van der Waals surface area (Å²) in [6, 6.07) is 16.6. The number of amides is 1. The Balaban J connectivity index is 0.980. The first-order valence-electron chi connectivity index (χ1n) is 16.6. The molecule has 3 aliphatic heterocycles. The molecule has 1 saturated carbocycles. The van der Waals surface area contributed by atoms with Crippen molar-refractivity contribution in [3.8, 4) is 0 Å². The highest BCUT2D eigenvalue weighted by Gasteiger charge is 2.53. The van der Waals surface area contributed by atoms with Gasteiger partial charge >= 0.3 is 0 Å². The number of carbonyl (C=O) groups excluding carboxylic acids is 1. The van der Waals surface area contributed by atoms with Crippen LogP contribution in [-0.4, -0.2) is 74.3 Å². The molecule has 3 fully saturated rings. The molecule has 1 unspecified atom stereocenters. The second-order valence-electron chi connectivity index (χ2n) is 13.8. The molecule has 1 aromatic heterocycles. The van der Waals surface area contributed by atoms with Crippen LogP contribution < -0.4 is 15.5 Å². The Morgan fingerprint density at radius 2 is 1.78 bits per heavy atom.